The zero-order valence-corrected chi connectivity index (χ0v) is 14.2. The molecule has 0 N–H and O–H groups in total. The Labute approximate surface area is 144 Å². The second-order valence-electron chi connectivity index (χ2n) is 5.98. The number of carbonyl (C=O) groups is 1. The highest BCUT2D eigenvalue weighted by Gasteiger charge is 2.16. The Balaban J connectivity index is 1.94. The average molecular weight is 337 g/mol. The van der Waals surface area contributed by atoms with Crippen molar-refractivity contribution in [2.75, 3.05) is 7.05 Å². The van der Waals surface area contributed by atoms with Gasteiger partial charge in [-0.2, -0.15) is 0 Å². The molecule has 0 unspecified atom stereocenters. The van der Waals surface area contributed by atoms with Crippen LogP contribution in [0.15, 0.2) is 64.2 Å². The molecule has 3 rings (SSSR count). The molecule has 0 aliphatic heterocycles. The Bertz CT molecular complexity index is 1040. The van der Waals surface area contributed by atoms with E-state index >= 15 is 0 Å². The summed E-state index contributed by atoms with van der Waals surface area (Å²) in [4.78, 5) is 38.6. The fourth-order valence-corrected chi connectivity index (χ4v) is 2.81. The molecule has 128 valence electrons. The molecule has 0 spiro atoms. The number of hydrogen-bond donors (Lipinski definition) is 0. The Morgan fingerprint density at radius 2 is 1.52 bits per heavy atom. The lowest BCUT2D eigenvalue weighted by Gasteiger charge is -2.19. The predicted octanol–water partition coefficient (Wildman–Crippen LogP) is 1.36. The first-order chi connectivity index (χ1) is 12.0. The quantitative estimate of drug-likeness (QED) is 0.675. The lowest BCUT2D eigenvalue weighted by molar-refractivity contribution is -0.131. The Morgan fingerprint density at radius 1 is 0.920 bits per heavy atom. The summed E-state index contributed by atoms with van der Waals surface area (Å²) in [5.74, 6) is -0.232. The van der Waals surface area contributed by atoms with E-state index in [1.165, 1.54) is 9.13 Å². The van der Waals surface area contributed by atoms with E-state index in [1.807, 2.05) is 30.3 Å². The molecule has 6 heteroatoms. The van der Waals surface area contributed by atoms with Gasteiger partial charge in [-0.1, -0.05) is 42.5 Å². The van der Waals surface area contributed by atoms with Crippen molar-refractivity contribution in [1.29, 1.82) is 0 Å². The van der Waals surface area contributed by atoms with Gasteiger partial charge in [0.1, 0.15) is 6.54 Å². The average Bonchev–Trinajstić information content (AvgIpc) is 2.64. The van der Waals surface area contributed by atoms with Crippen molar-refractivity contribution in [2.24, 2.45) is 7.05 Å². The molecule has 1 heterocycles. The Kier molecular flexibility index (Phi) is 4.52. The summed E-state index contributed by atoms with van der Waals surface area (Å²) in [6.07, 6.45) is 0. The van der Waals surface area contributed by atoms with E-state index in [9.17, 15) is 14.4 Å². The van der Waals surface area contributed by atoms with Crippen molar-refractivity contribution in [2.45, 2.75) is 13.1 Å². The minimum Gasteiger partial charge on any atom is -0.340 e. The summed E-state index contributed by atoms with van der Waals surface area (Å²) in [7, 11) is 3.24. The lowest BCUT2D eigenvalue weighted by Crippen LogP contribution is -2.43. The summed E-state index contributed by atoms with van der Waals surface area (Å²) >= 11 is 0. The molecule has 0 aliphatic carbocycles. The third-order valence-corrected chi connectivity index (χ3v) is 4.25. The van der Waals surface area contributed by atoms with Gasteiger partial charge in [0.2, 0.25) is 5.91 Å². The molecular weight excluding hydrogens is 318 g/mol. The summed E-state index contributed by atoms with van der Waals surface area (Å²) < 4.78 is 2.56. The van der Waals surface area contributed by atoms with E-state index < -0.39 is 11.1 Å². The van der Waals surface area contributed by atoms with Crippen LogP contribution in [-0.2, 0) is 24.9 Å². The van der Waals surface area contributed by atoms with Gasteiger partial charge in [0.15, 0.2) is 0 Å². The molecule has 0 fully saturated rings. The van der Waals surface area contributed by atoms with E-state index in [4.69, 9.17) is 0 Å². The molecule has 2 aromatic carbocycles. The van der Waals surface area contributed by atoms with Crippen LogP contribution in [0.2, 0.25) is 0 Å². The normalized spacial score (nSPS) is 10.8. The molecule has 0 atom stereocenters. The maximum atomic E-state index is 12.6. The van der Waals surface area contributed by atoms with Crippen molar-refractivity contribution in [3.63, 3.8) is 0 Å². The molecule has 1 aromatic heterocycles. The minimum atomic E-state index is -0.692. The fraction of sp³-hybridized carbons (Fsp3) is 0.211. The number of carbonyl (C=O) groups excluding carboxylic acids is 1. The van der Waals surface area contributed by atoms with Gasteiger partial charge in [-0.05, 0) is 17.7 Å². The standard InChI is InChI=1S/C19H19N3O3/c1-20(12-14-8-4-3-5-9-14)17(23)13-22-16-11-7-6-10-15(16)21(2)18(24)19(22)25/h3-11H,12-13H2,1-2H3. The zero-order valence-electron chi connectivity index (χ0n) is 14.2. The topological polar surface area (TPSA) is 64.3 Å². The summed E-state index contributed by atoms with van der Waals surface area (Å²) in [6, 6.07) is 16.7. The SMILES string of the molecule is CN(Cc1ccccc1)C(=O)Cn1c(=O)c(=O)n(C)c2ccccc21. The maximum absolute atomic E-state index is 12.6. The van der Waals surface area contributed by atoms with Crippen molar-refractivity contribution in [1.82, 2.24) is 14.0 Å². The number of fused-ring (bicyclic) bond motifs is 1. The molecule has 1 amide bonds. The summed E-state index contributed by atoms with van der Waals surface area (Å²) in [6.45, 7) is 0.274. The van der Waals surface area contributed by atoms with Gasteiger partial charge in [-0.25, -0.2) is 0 Å². The molecule has 0 bridgehead atoms. The van der Waals surface area contributed by atoms with Crippen LogP contribution >= 0.6 is 0 Å². The highest BCUT2D eigenvalue weighted by Crippen LogP contribution is 2.10. The van der Waals surface area contributed by atoms with E-state index in [2.05, 4.69) is 0 Å². The molecule has 0 radical (unpaired) electrons. The first kappa shape index (κ1) is 16.7. The third kappa shape index (κ3) is 3.24. The van der Waals surface area contributed by atoms with Crippen LogP contribution in [-0.4, -0.2) is 27.0 Å². The summed E-state index contributed by atoms with van der Waals surface area (Å²) in [5, 5.41) is 0. The number of rotatable bonds is 4. The molecule has 0 saturated heterocycles. The number of para-hydroxylation sites is 2. The van der Waals surface area contributed by atoms with E-state index in [-0.39, 0.29) is 12.5 Å². The van der Waals surface area contributed by atoms with Crippen molar-refractivity contribution >= 4 is 16.9 Å². The van der Waals surface area contributed by atoms with Gasteiger partial charge in [-0.15, -0.1) is 0 Å². The number of likely N-dealkylation sites (N-methyl/N-ethyl adjacent to an activating group) is 1. The molecule has 6 nitrogen and oxygen atoms in total. The molecular formula is C19H19N3O3. The van der Waals surface area contributed by atoms with Gasteiger partial charge < -0.3 is 9.47 Å². The van der Waals surface area contributed by atoms with E-state index in [0.29, 0.717) is 17.6 Å². The van der Waals surface area contributed by atoms with Gasteiger partial charge in [0, 0.05) is 20.6 Å². The van der Waals surface area contributed by atoms with Crippen molar-refractivity contribution < 1.29 is 4.79 Å². The minimum absolute atomic E-state index is 0.168. The second kappa shape index (κ2) is 6.76. The Morgan fingerprint density at radius 3 is 2.20 bits per heavy atom. The largest absolute Gasteiger partial charge is 0.340 e. The van der Waals surface area contributed by atoms with Crippen molar-refractivity contribution in [3.8, 4) is 0 Å². The van der Waals surface area contributed by atoms with Crippen LogP contribution < -0.4 is 11.1 Å². The molecule has 0 aliphatic rings. The van der Waals surface area contributed by atoms with Gasteiger partial charge in [0.25, 0.3) is 0 Å². The third-order valence-electron chi connectivity index (χ3n) is 4.25. The van der Waals surface area contributed by atoms with Gasteiger partial charge >= 0.3 is 11.1 Å². The van der Waals surface area contributed by atoms with Gasteiger partial charge in [0.05, 0.1) is 11.0 Å². The van der Waals surface area contributed by atoms with Crippen LogP contribution in [0.4, 0.5) is 0 Å². The smallest absolute Gasteiger partial charge is 0.317 e. The monoisotopic (exact) mass is 337 g/mol. The number of aryl methyl sites for hydroxylation is 1. The first-order valence-electron chi connectivity index (χ1n) is 7.95. The van der Waals surface area contributed by atoms with Crippen LogP contribution in [0.25, 0.3) is 11.0 Å². The highest BCUT2D eigenvalue weighted by molar-refractivity contribution is 5.80. The maximum Gasteiger partial charge on any atom is 0.317 e. The second-order valence-corrected chi connectivity index (χ2v) is 5.98. The van der Waals surface area contributed by atoms with E-state index in [1.54, 1.807) is 43.3 Å². The predicted molar refractivity (Wildman–Crippen MR) is 96.4 cm³/mol. The number of amides is 1. The van der Waals surface area contributed by atoms with Crippen LogP contribution in [0.5, 0.6) is 0 Å². The number of hydrogen-bond acceptors (Lipinski definition) is 3. The van der Waals surface area contributed by atoms with E-state index in [0.717, 1.165) is 5.56 Å². The first-order valence-corrected chi connectivity index (χ1v) is 7.95. The Hall–Kier alpha value is -3.15. The number of nitrogens with zero attached hydrogens (tertiary/aromatic N) is 3. The fourth-order valence-electron chi connectivity index (χ4n) is 2.81. The summed E-state index contributed by atoms with van der Waals surface area (Å²) in [5.41, 5.74) is 0.848. The zero-order chi connectivity index (χ0) is 18.0. The van der Waals surface area contributed by atoms with Gasteiger partial charge in [-0.3, -0.25) is 19.0 Å². The highest BCUT2D eigenvalue weighted by atomic mass is 16.2. The number of benzene rings is 2. The lowest BCUT2D eigenvalue weighted by atomic mass is 10.2. The number of aromatic nitrogens is 2. The van der Waals surface area contributed by atoms with Crippen LogP contribution in [0, 0.1) is 0 Å². The molecule has 3 aromatic rings. The molecule has 25 heavy (non-hydrogen) atoms. The van der Waals surface area contributed by atoms with Crippen LogP contribution in [0.3, 0.4) is 0 Å². The van der Waals surface area contributed by atoms with Crippen LogP contribution in [0.1, 0.15) is 5.56 Å². The van der Waals surface area contributed by atoms with Crippen molar-refractivity contribution in [3.05, 3.63) is 80.9 Å². The molecule has 0 saturated carbocycles.